The molecule has 0 bridgehead atoms. The van der Waals surface area contributed by atoms with Crippen molar-refractivity contribution in [2.75, 3.05) is 13.1 Å². The SMILES string of the molecule is Cc1cccc(CCC(O)C2CCNCC2)c1C. The van der Waals surface area contributed by atoms with Gasteiger partial charge in [-0.15, -0.1) is 0 Å². The van der Waals surface area contributed by atoms with Crippen LogP contribution in [-0.4, -0.2) is 24.3 Å². The molecule has 1 heterocycles. The van der Waals surface area contributed by atoms with E-state index in [-0.39, 0.29) is 6.10 Å². The summed E-state index contributed by atoms with van der Waals surface area (Å²) in [5.74, 6) is 0.497. The van der Waals surface area contributed by atoms with Crippen molar-refractivity contribution in [3.8, 4) is 0 Å². The predicted octanol–water partition coefficient (Wildman–Crippen LogP) is 2.60. The molecule has 1 fully saturated rings. The van der Waals surface area contributed by atoms with Gasteiger partial charge < -0.3 is 10.4 Å². The highest BCUT2D eigenvalue weighted by molar-refractivity contribution is 5.33. The molecule has 1 atom stereocenters. The Bertz CT molecular complexity index is 383. The molecule has 0 amide bonds. The third kappa shape index (κ3) is 3.33. The minimum Gasteiger partial charge on any atom is -0.393 e. The van der Waals surface area contributed by atoms with Gasteiger partial charge in [0.05, 0.1) is 6.10 Å². The molecule has 2 rings (SSSR count). The molecule has 2 N–H and O–H groups in total. The summed E-state index contributed by atoms with van der Waals surface area (Å²) in [6.07, 6.45) is 4.00. The molecule has 2 nitrogen and oxygen atoms in total. The van der Waals surface area contributed by atoms with E-state index in [1.165, 1.54) is 16.7 Å². The standard InChI is InChI=1S/C16H25NO/c1-12-4-3-5-14(13(12)2)6-7-16(18)15-8-10-17-11-9-15/h3-5,15-18H,6-11H2,1-2H3. The molecule has 1 aromatic carbocycles. The molecule has 0 aliphatic carbocycles. The van der Waals surface area contributed by atoms with Gasteiger partial charge in [0.25, 0.3) is 0 Å². The molecule has 1 aliphatic heterocycles. The lowest BCUT2D eigenvalue weighted by atomic mass is 9.88. The first-order chi connectivity index (χ1) is 8.68. The largest absolute Gasteiger partial charge is 0.393 e. The predicted molar refractivity (Wildman–Crippen MR) is 75.8 cm³/mol. The van der Waals surface area contributed by atoms with Crippen molar-refractivity contribution in [1.82, 2.24) is 5.32 Å². The summed E-state index contributed by atoms with van der Waals surface area (Å²) in [4.78, 5) is 0. The summed E-state index contributed by atoms with van der Waals surface area (Å²) in [6, 6.07) is 6.47. The normalized spacial score (nSPS) is 18.8. The molecule has 0 radical (unpaired) electrons. The quantitative estimate of drug-likeness (QED) is 0.857. The Kier molecular flexibility index (Phi) is 4.79. The summed E-state index contributed by atoms with van der Waals surface area (Å²) in [6.45, 7) is 6.46. The summed E-state index contributed by atoms with van der Waals surface area (Å²) >= 11 is 0. The molecule has 1 aliphatic rings. The minimum absolute atomic E-state index is 0.132. The molecular formula is C16H25NO. The van der Waals surface area contributed by atoms with Gasteiger partial charge >= 0.3 is 0 Å². The highest BCUT2D eigenvalue weighted by Crippen LogP contribution is 2.21. The summed E-state index contributed by atoms with van der Waals surface area (Å²) < 4.78 is 0. The number of aryl methyl sites for hydroxylation is 2. The van der Waals surface area contributed by atoms with Gasteiger partial charge in [-0.1, -0.05) is 18.2 Å². The molecule has 100 valence electrons. The minimum atomic E-state index is -0.132. The molecular weight excluding hydrogens is 222 g/mol. The van der Waals surface area contributed by atoms with Gasteiger partial charge in [0.2, 0.25) is 0 Å². The van der Waals surface area contributed by atoms with Crippen LogP contribution in [0.2, 0.25) is 0 Å². The smallest absolute Gasteiger partial charge is 0.0572 e. The van der Waals surface area contributed by atoms with E-state index < -0.39 is 0 Å². The maximum Gasteiger partial charge on any atom is 0.0572 e. The number of nitrogens with one attached hydrogen (secondary N) is 1. The monoisotopic (exact) mass is 247 g/mol. The molecule has 1 unspecified atom stereocenters. The fourth-order valence-electron chi connectivity index (χ4n) is 2.85. The first kappa shape index (κ1) is 13.6. The van der Waals surface area contributed by atoms with E-state index in [0.29, 0.717) is 5.92 Å². The maximum atomic E-state index is 10.3. The lowest BCUT2D eigenvalue weighted by Gasteiger charge is -2.27. The average Bonchev–Trinajstić information content (AvgIpc) is 2.41. The fourth-order valence-corrected chi connectivity index (χ4v) is 2.85. The zero-order valence-corrected chi connectivity index (χ0v) is 11.6. The summed E-state index contributed by atoms with van der Waals surface area (Å²) in [7, 11) is 0. The van der Waals surface area contributed by atoms with Gasteiger partial charge in [0.1, 0.15) is 0 Å². The molecule has 2 heteroatoms. The van der Waals surface area contributed by atoms with Crippen LogP contribution in [0.3, 0.4) is 0 Å². The summed E-state index contributed by atoms with van der Waals surface area (Å²) in [5, 5.41) is 13.6. The first-order valence-corrected chi connectivity index (χ1v) is 7.12. The Morgan fingerprint density at radius 3 is 2.72 bits per heavy atom. The second-order valence-electron chi connectivity index (χ2n) is 5.55. The first-order valence-electron chi connectivity index (χ1n) is 7.12. The second kappa shape index (κ2) is 6.35. The third-order valence-electron chi connectivity index (χ3n) is 4.35. The molecule has 0 spiro atoms. The van der Waals surface area contributed by atoms with Crippen molar-refractivity contribution in [2.45, 2.75) is 45.6 Å². The van der Waals surface area contributed by atoms with Gasteiger partial charge in [-0.2, -0.15) is 0 Å². The van der Waals surface area contributed by atoms with Crippen LogP contribution < -0.4 is 5.32 Å². The molecule has 0 saturated carbocycles. The Morgan fingerprint density at radius 1 is 1.28 bits per heavy atom. The zero-order chi connectivity index (χ0) is 13.0. The zero-order valence-electron chi connectivity index (χ0n) is 11.6. The van der Waals surface area contributed by atoms with E-state index in [1.54, 1.807) is 0 Å². The number of piperidine rings is 1. The van der Waals surface area contributed by atoms with Crippen molar-refractivity contribution >= 4 is 0 Å². The lowest BCUT2D eigenvalue weighted by molar-refractivity contribution is 0.0813. The Morgan fingerprint density at radius 2 is 2.00 bits per heavy atom. The molecule has 1 aromatic rings. The topological polar surface area (TPSA) is 32.3 Å². The van der Waals surface area contributed by atoms with Crippen molar-refractivity contribution in [3.63, 3.8) is 0 Å². The van der Waals surface area contributed by atoms with Crippen LogP contribution in [-0.2, 0) is 6.42 Å². The van der Waals surface area contributed by atoms with Crippen molar-refractivity contribution < 1.29 is 5.11 Å². The number of hydrogen-bond donors (Lipinski definition) is 2. The van der Waals surface area contributed by atoms with Gasteiger partial charge in [-0.25, -0.2) is 0 Å². The Labute approximate surface area is 110 Å². The van der Waals surface area contributed by atoms with Crippen LogP contribution in [0.5, 0.6) is 0 Å². The Hall–Kier alpha value is -0.860. The van der Waals surface area contributed by atoms with E-state index in [1.807, 2.05) is 0 Å². The molecule has 0 aromatic heterocycles. The van der Waals surface area contributed by atoms with Crippen LogP contribution in [0, 0.1) is 19.8 Å². The van der Waals surface area contributed by atoms with Crippen LogP contribution in [0.25, 0.3) is 0 Å². The lowest BCUT2D eigenvalue weighted by Crippen LogP contribution is -2.34. The van der Waals surface area contributed by atoms with Gasteiger partial charge in [-0.3, -0.25) is 0 Å². The van der Waals surface area contributed by atoms with Crippen molar-refractivity contribution in [1.29, 1.82) is 0 Å². The van der Waals surface area contributed by atoms with Crippen molar-refractivity contribution in [2.24, 2.45) is 5.92 Å². The highest BCUT2D eigenvalue weighted by Gasteiger charge is 2.21. The van der Waals surface area contributed by atoms with Crippen LogP contribution in [0.15, 0.2) is 18.2 Å². The van der Waals surface area contributed by atoms with Gasteiger partial charge in [0, 0.05) is 0 Å². The van der Waals surface area contributed by atoms with Crippen LogP contribution in [0.1, 0.15) is 36.0 Å². The van der Waals surface area contributed by atoms with Crippen molar-refractivity contribution in [3.05, 3.63) is 34.9 Å². The van der Waals surface area contributed by atoms with Crippen LogP contribution >= 0.6 is 0 Å². The molecule has 1 saturated heterocycles. The number of aliphatic hydroxyl groups excluding tert-OH is 1. The Balaban J connectivity index is 1.88. The average molecular weight is 247 g/mol. The number of benzene rings is 1. The fraction of sp³-hybridized carbons (Fsp3) is 0.625. The van der Waals surface area contributed by atoms with E-state index in [2.05, 4.69) is 37.4 Å². The number of hydrogen-bond acceptors (Lipinski definition) is 2. The number of aliphatic hydroxyl groups is 1. The maximum absolute atomic E-state index is 10.3. The third-order valence-corrected chi connectivity index (χ3v) is 4.35. The molecule has 18 heavy (non-hydrogen) atoms. The van der Waals surface area contributed by atoms with Crippen LogP contribution in [0.4, 0.5) is 0 Å². The summed E-state index contributed by atoms with van der Waals surface area (Å²) in [5.41, 5.74) is 4.13. The second-order valence-corrected chi connectivity index (χ2v) is 5.55. The van der Waals surface area contributed by atoms with E-state index in [4.69, 9.17) is 0 Å². The van der Waals surface area contributed by atoms with E-state index in [0.717, 1.165) is 38.8 Å². The van der Waals surface area contributed by atoms with E-state index >= 15 is 0 Å². The highest BCUT2D eigenvalue weighted by atomic mass is 16.3. The number of rotatable bonds is 4. The van der Waals surface area contributed by atoms with Gasteiger partial charge in [-0.05, 0) is 75.2 Å². The van der Waals surface area contributed by atoms with E-state index in [9.17, 15) is 5.11 Å². The van der Waals surface area contributed by atoms with Gasteiger partial charge in [0.15, 0.2) is 0 Å².